The third-order valence-corrected chi connectivity index (χ3v) is 3.63. The van der Waals surface area contributed by atoms with Crippen LogP contribution in [0.15, 0.2) is 0 Å². The van der Waals surface area contributed by atoms with E-state index in [2.05, 4.69) is 5.32 Å². The van der Waals surface area contributed by atoms with Gasteiger partial charge < -0.3 is 15.3 Å². The Morgan fingerprint density at radius 2 is 2.06 bits per heavy atom. The van der Waals surface area contributed by atoms with Crippen LogP contribution in [0.25, 0.3) is 0 Å². The standard InChI is InChI=1S/C13H24N2O3/c1-4-13(2,3)14-12(18)15-8-6-5-7-10(15)9-11(16)17/h10H,4-9H2,1-3H3,(H,14,18)(H,16,17). The normalized spacial score (nSPS) is 20.6. The first-order valence-corrected chi connectivity index (χ1v) is 6.66. The minimum atomic E-state index is -0.838. The number of rotatable bonds is 4. The largest absolute Gasteiger partial charge is 0.481 e. The second-order valence-corrected chi connectivity index (χ2v) is 5.61. The maximum Gasteiger partial charge on any atom is 0.318 e. The third-order valence-electron chi connectivity index (χ3n) is 3.63. The lowest BCUT2D eigenvalue weighted by atomic mass is 9.99. The van der Waals surface area contributed by atoms with Crippen LogP contribution in [0.2, 0.25) is 0 Å². The molecule has 0 spiro atoms. The van der Waals surface area contributed by atoms with Crippen LogP contribution < -0.4 is 5.32 Å². The Morgan fingerprint density at radius 1 is 1.39 bits per heavy atom. The molecule has 1 unspecified atom stereocenters. The van der Waals surface area contributed by atoms with Crippen LogP contribution >= 0.6 is 0 Å². The number of urea groups is 1. The molecule has 1 fully saturated rings. The number of carboxylic acids is 1. The quantitative estimate of drug-likeness (QED) is 0.810. The summed E-state index contributed by atoms with van der Waals surface area (Å²) in [6.07, 6.45) is 3.62. The van der Waals surface area contributed by atoms with Gasteiger partial charge in [0.05, 0.1) is 6.42 Å². The molecule has 0 radical (unpaired) electrons. The van der Waals surface area contributed by atoms with Gasteiger partial charge in [-0.2, -0.15) is 0 Å². The summed E-state index contributed by atoms with van der Waals surface area (Å²) in [4.78, 5) is 24.7. The molecule has 0 aromatic carbocycles. The van der Waals surface area contributed by atoms with Crippen molar-refractivity contribution in [2.75, 3.05) is 6.54 Å². The summed E-state index contributed by atoms with van der Waals surface area (Å²) in [7, 11) is 0. The highest BCUT2D eigenvalue weighted by Crippen LogP contribution is 2.20. The molecule has 2 amide bonds. The summed E-state index contributed by atoms with van der Waals surface area (Å²) in [6, 6.07) is -0.295. The molecule has 1 heterocycles. The van der Waals surface area contributed by atoms with Crippen LogP contribution in [0.3, 0.4) is 0 Å². The lowest BCUT2D eigenvalue weighted by molar-refractivity contribution is -0.138. The van der Waals surface area contributed by atoms with Crippen LogP contribution in [0.1, 0.15) is 52.9 Å². The zero-order valence-corrected chi connectivity index (χ0v) is 11.5. The predicted octanol–water partition coefficient (Wildman–Crippen LogP) is 2.21. The van der Waals surface area contributed by atoms with Gasteiger partial charge in [0, 0.05) is 18.1 Å². The average Bonchev–Trinajstić information content (AvgIpc) is 2.28. The van der Waals surface area contributed by atoms with Crippen molar-refractivity contribution >= 4 is 12.0 Å². The van der Waals surface area contributed by atoms with Gasteiger partial charge in [0.25, 0.3) is 0 Å². The lowest BCUT2D eigenvalue weighted by Gasteiger charge is -2.37. The maximum absolute atomic E-state index is 12.2. The van der Waals surface area contributed by atoms with Gasteiger partial charge in [-0.05, 0) is 39.5 Å². The fourth-order valence-electron chi connectivity index (χ4n) is 2.13. The Kier molecular flexibility index (Phi) is 4.99. The van der Waals surface area contributed by atoms with Gasteiger partial charge in [0.1, 0.15) is 0 Å². The van der Waals surface area contributed by atoms with E-state index in [4.69, 9.17) is 5.11 Å². The lowest BCUT2D eigenvalue weighted by Crippen LogP contribution is -2.54. The number of carboxylic acid groups (broad SMARTS) is 1. The molecule has 0 bridgehead atoms. The van der Waals surface area contributed by atoms with Crippen molar-refractivity contribution in [3.63, 3.8) is 0 Å². The molecular weight excluding hydrogens is 232 g/mol. The number of carbonyl (C=O) groups excluding carboxylic acids is 1. The van der Waals surface area contributed by atoms with Crippen LogP contribution in [0.5, 0.6) is 0 Å². The molecule has 1 rings (SSSR count). The maximum atomic E-state index is 12.2. The van der Waals surface area contributed by atoms with Crippen LogP contribution in [0.4, 0.5) is 4.79 Å². The van der Waals surface area contributed by atoms with E-state index in [1.165, 1.54) is 0 Å². The van der Waals surface area contributed by atoms with Crippen molar-refractivity contribution in [1.29, 1.82) is 0 Å². The van der Waals surface area contributed by atoms with E-state index in [1.807, 2.05) is 20.8 Å². The minimum absolute atomic E-state index is 0.0416. The number of nitrogens with one attached hydrogen (secondary N) is 1. The Morgan fingerprint density at radius 3 is 2.61 bits per heavy atom. The summed E-state index contributed by atoms with van der Waals surface area (Å²) in [5.41, 5.74) is -0.248. The van der Waals surface area contributed by atoms with Gasteiger partial charge in [-0.1, -0.05) is 6.92 Å². The van der Waals surface area contributed by atoms with Crippen molar-refractivity contribution in [2.45, 2.75) is 64.5 Å². The van der Waals surface area contributed by atoms with Crippen LogP contribution in [-0.2, 0) is 4.79 Å². The number of likely N-dealkylation sites (tertiary alicyclic amines) is 1. The number of aliphatic carboxylic acids is 1. The van der Waals surface area contributed by atoms with E-state index < -0.39 is 5.97 Å². The highest BCUT2D eigenvalue weighted by atomic mass is 16.4. The number of carbonyl (C=O) groups is 2. The van der Waals surface area contributed by atoms with Crippen molar-refractivity contribution in [3.8, 4) is 0 Å². The van der Waals surface area contributed by atoms with Gasteiger partial charge >= 0.3 is 12.0 Å². The molecule has 104 valence electrons. The molecule has 1 saturated heterocycles. The van der Waals surface area contributed by atoms with Crippen molar-refractivity contribution in [2.24, 2.45) is 0 Å². The molecule has 1 aliphatic heterocycles. The van der Waals surface area contributed by atoms with E-state index in [-0.39, 0.29) is 24.0 Å². The SMILES string of the molecule is CCC(C)(C)NC(=O)N1CCCCC1CC(=O)O. The average molecular weight is 256 g/mol. The fraction of sp³-hybridized carbons (Fsp3) is 0.846. The van der Waals surface area contributed by atoms with Crippen molar-refractivity contribution in [3.05, 3.63) is 0 Å². The zero-order chi connectivity index (χ0) is 13.8. The van der Waals surface area contributed by atoms with Gasteiger partial charge in [0.15, 0.2) is 0 Å². The topological polar surface area (TPSA) is 69.6 Å². The Labute approximate surface area is 109 Å². The van der Waals surface area contributed by atoms with E-state index in [0.29, 0.717) is 6.54 Å². The van der Waals surface area contributed by atoms with Crippen molar-refractivity contribution in [1.82, 2.24) is 10.2 Å². The van der Waals surface area contributed by atoms with Gasteiger partial charge in [-0.3, -0.25) is 4.79 Å². The number of hydrogen-bond donors (Lipinski definition) is 2. The Bertz CT molecular complexity index is 315. The molecule has 2 N–H and O–H groups in total. The van der Waals surface area contributed by atoms with E-state index in [1.54, 1.807) is 4.90 Å². The molecule has 0 aliphatic carbocycles. The van der Waals surface area contributed by atoms with Crippen molar-refractivity contribution < 1.29 is 14.7 Å². The minimum Gasteiger partial charge on any atom is -0.481 e. The monoisotopic (exact) mass is 256 g/mol. The van der Waals surface area contributed by atoms with E-state index in [9.17, 15) is 9.59 Å². The first kappa shape index (κ1) is 14.8. The summed E-state index contributed by atoms with van der Waals surface area (Å²) in [5, 5.41) is 11.9. The molecule has 1 atom stereocenters. The molecule has 0 saturated carbocycles. The van der Waals surface area contributed by atoms with E-state index >= 15 is 0 Å². The highest BCUT2D eigenvalue weighted by Gasteiger charge is 2.30. The first-order chi connectivity index (χ1) is 8.35. The van der Waals surface area contributed by atoms with Gasteiger partial charge in [0.2, 0.25) is 0 Å². The van der Waals surface area contributed by atoms with Crippen LogP contribution in [-0.4, -0.2) is 40.1 Å². The summed E-state index contributed by atoms with van der Waals surface area (Å²) in [6.45, 7) is 6.62. The second-order valence-electron chi connectivity index (χ2n) is 5.61. The highest BCUT2D eigenvalue weighted by molar-refractivity contribution is 5.76. The second kappa shape index (κ2) is 6.07. The molecule has 18 heavy (non-hydrogen) atoms. The predicted molar refractivity (Wildman–Crippen MR) is 69.5 cm³/mol. The fourth-order valence-corrected chi connectivity index (χ4v) is 2.13. The number of nitrogens with zero attached hydrogens (tertiary/aromatic N) is 1. The number of piperidine rings is 1. The number of hydrogen-bond acceptors (Lipinski definition) is 2. The summed E-state index contributed by atoms with van der Waals surface area (Å²) < 4.78 is 0. The van der Waals surface area contributed by atoms with E-state index in [0.717, 1.165) is 25.7 Å². The zero-order valence-electron chi connectivity index (χ0n) is 11.5. The summed E-state index contributed by atoms with van der Waals surface area (Å²) in [5.74, 6) is -0.838. The molecule has 1 aliphatic rings. The van der Waals surface area contributed by atoms with Crippen LogP contribution in [0, 0.1) is 0 Å². The molecular formula is C13H24N2O3. The molecule has 5 heteroatoms. The van der Waals surface area contributed by atoms with Gasteiger partial charge in [-0.15, -0.1) is 0 Å². The molecule has 0 aromatic rings. The Hall–Kier alpha value is -1.26. The number of amides is 2. The smallest absolute Gasteiger partial charge is 0.318 e. The molecule has 5 nitrogen and oxygen atoms in total. The summed E-state index contributed by atoms with van der Waals surface area (Å²) >= 11 is 0. The third kappa shape index (κ3) is 4.20. The molecule has 0 aromatic heterocycles. The van der Waals surface area contributed by atoms with Gasteiger partial charge in [-0.25, -0.2) is 4.79 Å². The Balaban J connectivity index is 2.65. The first-order valence-electron chi connectivity index (χ1n) is 6.66.